The van der Waals surface area contributed by atoms with Crippen LogP contribution < -0.4 is 5.32 Å². The number of carboxylic acids is 1. The molecule has 0 aromatic rings. The molecule has 2 N–H and O–H groups in total. The second kappa shape index (κ2) is 7.22. The fourth-order valence-electron chi connectivity index (χ4n) is 2.52. The van der Waals surface area contributed by atoms with E-state index in [4.69, 9.17) is 5.11 Å². The van der Waals surface area contributed by atoms with Crippen molar-refractivity contribution in [1.29, 1.82) is 0 Å². The number of nitrogens with zero attached hydrogens (tertiary/aromatic N) is 1. The number of carboxylic acid groups (broad SMARTS) is 1. The van der Waals surface area contributed by atoms with Crippen LogP contribution in [0.3, 0.4) is 0 Å². The van der Waals surface area contributed by atoms with Gasteiger partial charge in [0, 0.05) is 6.54 Å². The molecule has 0 radical (unpaired) electrons. The topological polar surface area (TPSA) is 104 Å². The number of hydrogen-bond acceptors (Lipinski definition) is 4. The molecule has 0 saturated carbocycles. The van der Waals surface area contributed by atoms with E-state index in [1.165, 1.54) is 4.31 Å². The Morgan fingerprint density at radius 1 is 1.33 bits per heavy atom. The van der Waals surface area contributed by atoms with Gasteiger partial charge in [0.25, 0.3) is 0 Å². The molecule has 122 valence electrons. The molecule has 1 rings (SSSR count). The van der Waals surface area contributed by atoms with Crippen LogP contribution in [0, 0.1) is 5.92 Å². The van der Waals surface area contributed by atoms with Crippen LogP contribution in [0.1, 0.15) is 39.5 Å². The zero-order chi connectivity index (χ0) is 16.2. The molecule has 1 saturated heterocycles. The highest BCUT2D eigenvalue weighted by Crippen LogP contribution is 2.20. The van der Waals surface area contributed by atoms with Gasteiger partial charge in [0.2, 0.25) is 15.9 Å². The van der Waals surface area contributed by atoms with E-state index in [0.29, 0.717) is 25.8 Å². The van der Waals surface area contributed by atoms with Crippen LogP contribution in [0.2, 0.25) is 0 Å². The zero-order valence-electron chi connectivity index (χ0n) is 12.7. The summed E-state index contributed by atoms with van der Waals surface area (Å²) in [6.07, 6.45) is 3.28. The maximum Gasteiger partial charge on any atom is 0.326 e. The smallest absolute Gasteiger partial charge is 0.326 e. The summed E-state index contributed by atoms with van der Waals surface area (Å²) < 4.78 is 24.6. The Morgan fingerprint density at radius 3 is 2.43 bits per heavy atom. The van der Waals surface area contributed by atoms with Gasteiger partial charge < -0.3 is 10.4 Å². The first kappa shape index (κ1) is 17.9. The minimum absolute atomic E-state index is 0.115. The Morgan fingerprint density at radius 2 is 1.95 bits per heavy atom. The van der Waals surface area contributed by atoms with Crippen LogP contribution >= 0.6 is 0 Å². The van der Waals surface area contributed by atoms with E-state index in [1.807, 2.05) is 13.8 Å². The first-order valence-corrected chi connectivity index (χ1v) is 8.97. The number of piperidine rings is 1. The van der Waals surface area contributed by atoms with Gasteiger partial charge in [-0.25, -0.2) is 13.2 Å². The van der Waals surface area contributed by atoms with Crippen molar-refractivity contribution < 1.29 is 23.1 Å². The summed E-state index contributed by atoms with van der Waals surface area (Å²) in [5.74, 6) is -1.50. The van der Waals surface area contributed by atoms with E-state index in [1.54, 1.807) is 0 Å². The van der Waals surface area contributed by atoms with Crippen molar-refractivity contribution in [3.63, 3.8) is 0 Å². The minimum Gasteiger partial charge on any atom is -0.480 e. The SMILES string of the molecule is CC(C)C[C@H](NC(=O)C1CCCCN1S(C)(=O)=O)C(=O)O. The van der Waals surface area contributed by atoms with E-state index in [9.17, 15) is 18.0 Å². The Hall–Kier alpha value is -1.15. The van der Waals surface area contributed by atoms with Gasteiger partial charge in [-0.1, -0.05) is 20.3 Å². The number of carbonyl (C=O) groups is 2. The van der Waals surface area contributed by atoms with Crippen molar-refractivity contribution in [1.82, 2.24) is 9.62 Å². The molecule has 1 aliphatic rings. The molecule has 0 aromatic heterocycles. The Bertz CT molecular complexity index is 489. The minimum atomic E-state index is -3.47. The monoisotopic (exact) mass is 320 g/mol. The highest BCUT2D eigenvalue weighted by atomic mass is 32.2. The van der Waals surface area contributed by atoms with Gasteiger partial charge in [0.05, 0.1) is 6.26 Å². The number of rotatable bonds is 6. The summed E-state index contributed by atoms with van der Waals surface area (Å²) in [4.78, 5) is 23.5. The van der Waals surface area contributed by atoms with Crippen LogP contribution in [-0.4, -0.2) is 54.6 Å². The number of aliphatic carboxylic acids is 1. The van der Waals surface area contributed by atoms with E-state index >= 15 is 0 Å². The molecule has 0 bridgehead atoms. The maximum absolute atomic E-state index is 12.3. The first-order valence-electron chi connectivity index (χ1n) is 7.13. The number of hydrogen-bond donors (Lipinski definition) is 2. The van der Waals surface area contributed by atoms with Crippen molar-refractivity contribution in [3.8, 4) is 0 Å². The molecule has 0 spiro atoms. The van der Waals surface area contributed by atoms with Gasteiger partial charge in [0.15, 0.2) is 0 Å². The summed E-state index contributed by atoms with van der Waals surface area (Å²) >= 11 is 0. The normalized spacial score (nSPS) is 22.0. The summed E-state index contributed by atoms with van der Waals surface area (Å²) in [7, 11) is -3.47. The highest BCUT2D eigenvalue weighted by Gasteiger charge is 2.36. The molecule has 0 aromatic carbocycles. The van der Waals surface area contributed by atoms with E-state index in [-0.39, 0.29) is 5.92 Å². The lowest BCUT2D eigenvalue weighted by atomic mass is 10.0. The van der Waals surface area contributed by atoms with Gasteiger partial charge >= 0.3 is 5.97 Å². The Kier molecular flexibility index (Phi) is 6.15. The van der Waals surface area contributed by atoms with Crippen molar-refractivity contribution in [2.75, 3.05) is 12.8 Å². The predicted octanol–water partition coefficient (Wildman–Crippen LogP) is 0.416. The number of amides is 1. The summed E-state index contributed by atoms with van der Waals surface area (Å²) in [6, 6.07) is -1.79. The van der Waals surface area contributed by atoms with Crippen LogP contribution in [0.4, 0.5) is 0 Å². The number of carbonyl (C=O) groups excluding carboxylic acids is 1. The molecule has 1 fully saturated rings. The maximum atomic E-state index is 12.3. The second-order valence-corrected chi connectivity index (χ2v) is 7.85. The third-order valence-electron chi connectivity index (χ3n) is 3.50. The number of nitrogens with one attached hydrogen (secondary N) is 1. The van der Waals surface area contributed by atoms with E-state index in [2.05, 4.69) is 5.32 Å². The summed E-state index contributed by atoms with van der Waals surface area (Å²) in [5.41, 5.74) is 0. The first-order chi connectivity index (χ1) is 9.62. The van der Waals surface area contributed by atoms with Gasteiger partial charge in [0.1, 0.15) is 12.1 Å². The van der Waals surface area contributed by atoms with Crippen molar-refractivity contribution in [3.05, 3.63) is 0 Å². The van der Waals surface area contributed by atoms with Crippen molar-refractivity contribution in [2.24, 2.45) is 5.92 Å². The largest absolute Gasteiger partial charge is 0.480 e. The lowest BCUT2D eigenvalue weighted by Crippen LogP contribution is -2.54. The summed E-state index contributed by atoms with van der Waals surface area (Å²) in [5, 5.41) is 11.6. The van der Waals surface area contributed by atoms with Gasteiger partial charge in [-0.3, -0.25) is 4.79 Å². The van der Waals surface area contributed by atoms with Gasteiger partial charge in [-0.15, -0.1) is 0 Å². The van der Waals surface area contributed by atoms with Crippen molar-refractivity contribution >= 4 is 21.9 Å². The molecule has 21 heavy (non-hydrogen) atoms. The molecule has 8 heteroatoms. The molecular weight excluding hydrogens is 296 g/mol. The summed E-state index contributed by atoms with van der Waals surface area (Å²) in [6.45, 7) is 4.04. The van der Waals surface area contributed by atoms with Gasteiger partial charge in [-0.05, 0) is 25.2 Å². The quantitative estimate of drug-likeness (QED) is 0.738. The van der Waals surface area contributed by atoms with Crippen LogP contribution in [-0.2, 0) is 19.6 Å². The molecule has 1 heterocycles. The van der Waals surface area contributed by atoms with E-state index in [0.717, 1.165) is 12.7 Å². The molecule has 1 unspecified atom stereocenters. The van der Waals surface area contributed by atoms with Gasteiger partial charge in [-0.2, -0.15) is 4.31 Å². The fourth-order valence-corrected chi connectivity index (χ4v) is 3.65. The third kappa shape index (κ3) is 5.28. The van der Waals surface area contributed by atoms with Crippen molar-refractivity contribution in [2.45, 2.75) is 51.6 Å². The molecule has 1 aliphatic heterocycles. The van der Waals surface area contributed by atoms with Crippen LogP contribution in [0.25, 0.3) is 0 Å². The average Bonchev–Trinajstić information content (AvgIpc) is 2.36. The van der Waals surface area contributed by atoms with E-state index < -0.39 is 34.0 Å². The molecule has 1 amide bonds. The predicted molar refractivity (Wildman–Crippen MR) is 78.2 cm³/mol. The Labute approximate surface area is 125 Å². The fraction of sp³-hybridized carbons (Fsp3) is 0.846. The lowest BCUT2D eigenvalue weighted by Gasteiger charge is -2.33. The Balaban J connectivity index is 2.82. The third-order valence-corrected chi connectivity index (χ3v) is 4.79. The lowest BCUT2D eigenvalue weighted by molar-refractivity contribution is -0.143. The molecule has 2 atom stereocenters. The van der Waals surface area contributed by atoms with Crippen LogP contribution in [0.5, 0.6) is 0 Å². The standard InChI is InChI=1S/C13H24N2O5S/c1-9(2)8-10(13(17)18)14-12(16)11-6-4-5-7-15(11)21(3,19)20/h9-11H,4-8H2,1-3H3,(H,14,16)(H,17,18)/t10-,11?/m0/s1. The molecule has 0 aliphatic carbocycles. The zero-order valence-corrected chi connectivity index (χ0v) is 13.5. The van der Waals surface area contributed by atoms with Crippen LogP contribution in [0.15, 0.2) is 0 Å². The average molecular weight is 320 g/mol. The molecule has 7 nitrogen and oxygen atoms in total. The number of sulfonamides is 1. The second-order valence-electron chi connectivity index (χ2n) is 5.91. The molecular formula is C13H24N2O5S. The highest BCUT2D eigenvalue weighted by molar-refractivity contribution is 7.88.